The van der Waals surface area contributed by atoms with E-state index in [-0.39, 0.29) is 11.9 Å². The fourth-order valence-corrected chi connectivity index (χ4v) is 3.05. The standard InChI is InChI=1S/C14H20N2O2S/c1-18-12-4-2-3-5-13(12)19-10-14(17)16-8-6-11(15)7-9-16/h2-5,11H,6-10,15H2,1H3. The lowest BCUT2D eigenvalue weighted by Crippen LogP contribution is -2.43. The van der Waals surface area contributed by atoms with Crippen LogP contribution in [-0.4, -0.2) is 42.8 Å². The molecule has 0 aliphatic carbocycles. The summed E-state index contributed by atoms with van der Waals surface area (Å²) in [6.07, 6.45) is 1.82. The molecule has 2 rings (SSSR count). The first-order valence-electron chi connectivity index (χ1n) is 6.50. The van der Waals surface area contributed by atoms with E-state index < -0.39 is 0 Å². The summed E-state index contributed by atoms with van der Waals surface area (Å²) < 4.78 is 5.27. The van der Waals surface area contributed by atoms with Crippen LogP contribution in [0.4, 0.5) is 0 Å². The SMILES string of the molecule is COc1ccccc1SCC(=O)N1CCC(N)CC1. The third-order valence-corrected chi connectivity index (χ3v) is 4.35. The number of nitrogens with two attached hydrogens (primary N) is 1. The van der Waals surface area contributed by atoms with Gasteiger partial charge in [0.05, 0.1) is 12.9 Å². The second-order valence-corrected chi connectivity index (χ2v) is 5.67. The molecule has 0 aromatic heterocycles. The van der Waals surface area contributed by atoms with Crippen LogP contribution < -0.4 is 10.5 Å². The van der Waals surface area contributed by atoms with E-state index in [1.807, 2.05) is 29.2 Å². The lowest BCUT2D eigenvalue weighted by atomic mass is 10.1. The Hall–Kier alpha value is -1.20. The monoisotopic (exact) mass is 280 g/mol. The van der Waals surface area contributed by atoms with E-state index in [9.17, 15) is 4.79 Å². The van der Waals surface area contributed by atoms with Crippen molar-refractivity contribution in [1.82, 2.24) is 4.90 Å². The summed E-state index contributed by atoms with van der Waals surface area (Å²) in [4.78, 5) is 15.0. The molecule has 0 spiro atoms. The van der Waals surface area contributed by atoms with Crippen molar-refractivity contribution in [3.63, 3.8) is 0 Å². The van der Waals surface area contributed by atoms with E-state index >= 15 is 0 Å². The van der Waals surface area contributed by atoms with Gasteiger partial charge in [0.25, 0.3) is 0 Å². The predicted octanol–water partition coefficient (Wildman–Crippen LogP) is 1.74. The number of benzene rings is 1. The molecule has 0 saturated carbocycles. The minimum absolute atomic E-state index is 0.183. The minimum Gasteiger partial charge on any atom is -0.496 e. The molecule has 1 aromatic rings. The molecule has 1 aliphatic heterocycles. The van der Waals surface area contributed by atoms with Crippen molar-refractivity contribution in [2.75, 3.05) is 26.0 Å². The minimum atomic E-state index is 0.183. The van der Waals surface area contributed by atoms with Gasteiger partial charge in [0, 0.05) is 24.0 Å². The van der Waals surface area contributed by atoms with Crippen LogP contribution in [0.15, 0.2) is 29.2 Å². The summed E-state index contributed by atoms with van der Waals surface area (Å²) in [5.41, 5.74) is 5.84. The number of carbonyl (C=O) groups excluding carboxylic acids is 1. The lowest BCUT2D eigenvalue weighted by Gasteiger charge is -2.30. The number of methoxy groups -OCH3 is 1. The molecule has 1 amide bonds. The highest BCUT2D eigenvalue weighted by Gasteiger charge is 2.20. The maximum Gasteiger partial charge on any atom is 0.232 e. The van der Waals surface area contributed by atoms with Crippen LogP contribution >= 0.6 is 11.8 Å². The summed E-state index contributed by atoms with van der Waals surface area (Å²) in [5, 5.41) is 0. The van der Waals surface area contributed by atoms with Crippen molar-refractivity contribution in [2.45, 2.75) is 23.8 Å². The Kier molecular flexibility index (Phi) is 5.10. The Labute approximate surface area is 118 Å². The highest BCUT2D eigenvalue weighted by atomic mass is 32.2. The maximum atomic E-state index is 12.1. The number of para-hydroxylation sites is 1. The molecule has 1 aliphatic rings. The number of nitrogens with zero attached hydrogens (tertiary/aromatic N) is 1. The summed E-state index contributed by atoms with van der Waals surface area (Å²) in [6, 6.07) is 8.02. The van der Waals surface area contributed by atoms with Crippen molar-refractivity contribution < 1.29 is 9.53 Å². The van der Waals surface area contributed by atoms with Crippen molar-refractivity contribution in [3.05, 3.63) is 24.3 Å². The van der Waals surface area contributed by atoms with Crippen LogP contribution in [0, 0.1) is 0 Å². The zero-order valence-electron chi connectivity index (χ0n) is 11.2. The van der Waals surface area contributed by atoms with Crippen molar-refractivity contribution >= 4 is 17.7 Å². The Balaban J connectivity index is 1.86. The first kappa shape index (κ1) is 14.2. The lowest BCUT2D eigenvalue weighted by molar-refractivity contribution is -0.129. The van der Waals surface area contributed by atoms with Gasteiger partial charge in [-0.15, -0.1) is 11.8 Å². The number of amides is 1. The van der Waals surface area contributed by atoms with Crippen LogP contribution in [0.25, 0.3) is 0 Å². The van der Waals surface area contributed by atoms with Gasteiger partial charge in [0.15, 0.2) is 0 Å². The summed E-state index contributed by atoms with van der Waals surface area (Å²) >= 11 is 1.53. The van der Waals surface area contributed by atoms with Crippen LogP contribution in [0.3, 0.4) is 0 Å². The topological polar surface area (TPSA) is 55.6 Å². The number of piperidine rings is 1. The Morgan fingerprint density at radius 3 is 2.79 bits per heavy atom. The summed E-state index contributed by atoms with van der Waals surface area (Å²) in [5.74, 6) is 1.46. The predicted molar refractivity (Wildman–Crippen MR) is 77.5 cm³/mol. The Morgan fingerprint density at radius 2 is 2.11 bits per heavy atom. The molecule has 0 atom stereocenters. The third kappa shape index (κ3) is 3.88. The molecule has 1 fully saturated rings. The van der Waals surface area contributed by atoms with Crippen LogP contribution in [0.2, 0.25) is 0 Å². The van der Waals surface area contributed by atoms with Gasteiger partial charge < -0.3 is 15.4 Å². The van der Waals surface area contributed by atoms with Gasteiger partial charge in [0.2, 0.25) is 5.91 Å². The van der Waals surface area contributed by atoms with E-state index in [0.29, 0.717) is 5.75 Å². The first-order valence-corrected chi connectivity index (χ1v) is 7.48. The second-order valence-electron chi connectivity index (χ2n) is 4.66. The molecule has 0 bridgehead atoms. The highest BCUT2D eigenvalue weighted by Crippen LogP contribution is 2.28. The van der Waals surface area contributed by atoms with Gasteiger partial charge >= 0.3 is 0 Å². The van der Waals surface area contributed by atoms with E-state index in [2.05, 4.69) is 0 Å². The summed E-state index contributed by atoms with van der Waals surface area (Å²) in [7, 11) is 1.65. The van der Waals surface area contributed by atoms with Crippen LogP contribution in [0.1, 0.15) is 12.8 Å². The molecule has 0 unspecified atom stereocenters. The molecule has 1 saturated heterocycles. The van der Waals surface area contributed by atoms with Crippen molar-refractivity contribution in [1.29, 1.82) is 0 Å². The number of hydrogen-bond donors (Lipinski definition) is 1. The molecule has 1 aromatic carbocycles. The van der Waals surface area contributed by atoms with Crippen LogP contribution in [0.5, 0.6) is 5.75 Å². The number of rotatable bonds is 4. The van der Waals surface area contributed by atoms with Gasteiger partial charge in [-0.1, -0.05) is 12.1 Å². The number of carbonyl (C=O) groups is 1. The van der Waals surface area contributed by atoms with Gasteiger partial charge in [-0.25, -0.2) is 0 Å². The largest absolute Gasteiger partial charge is 0.496 e. The maximum absolute atomic E-state index is 12.1. The normalized spacial score (nSPS) is 16.4. The van der Waals surface area contributed by atoms with Crippen molar-refractivity contribution in [2.24, 2.45) is 5.73 Å². The van der Waals surface area contributed by atoms with Gasteiger partial charge in [0.1, 0.15) is 5.75 Å². The highest BCUT2D eigenvalue weighted by molar-refractivity contribution is 8.00. The molecular weight excluding hydrogens is 260 g/mol. The molecule has 19 heavy (non-hydrogen) atoms. The fraction of sp³-hybridized carbons (Fsp3) is 0.500. The molecular formula is C14H20N2O2S. The summed E-state index contributed by atoms with van der Waals surface area (Å²) in [6.45, 7) is 1.57. The van der Waals surface area contributed by atoms with Crippen LogP contribution in [-0.2, 0) is 4.79 Å². The second kappa shape index (κ2) is 6.82. The molecule has 4 nitrogen and oxygen atoms in total. The van der Waals surface area contributed by atoms with Gasteiger partial charge in [-0.05, 0) is 25.0 Å². The molecule has 0 radical (unpaired) electrons. The Bertz CT molecular complexity index is 431. The van der Waals surface area contributed by atoms with Gasteiger partial charge in [-0.3, -0.25) is 4.79 Å². The molecule has 5 heteroatoms. The average Bonchev–Trinajstić information content (AvgIpc) is 2.45. The number of thioether (sulfide) groups is 1. The zero-order valence-corrected chi connectivity index (χ0v) is 12.0. The fourth-order valence-electron chi connectivity index (χ4n) is 2.12. The quantitative estimate of drug-likeness (QED) is 0.854. The average molecular weight is 280 g/mol. The number of ether oxygens (including phenoxy) is 1. The van der Waals surface area contributed by atoms with E-state index in [4.69, 9.17) is 10.5 Å². The zero-order chi connectivity index (χ0) is 13.7. The Morgan fingerprint density at radius 1 is 1.42 bits per heavy atom. The molecule has 104 valence electrons. The smallest absolute Gasteiger partial charge is 0.232 e. The van der Waals surface area contributed by atoms with Gasteiger partial charge in [-0.2, -0.15) is 0 Å². The number of likely N-dealkylation sites (tertiary alicyclic amines) is 1. The number of hydrogen-bond acceptors (Lipinski definition) is 4. The first-order chi connectivity index (χ1) is 9.20. The van der Waals surface area contributed by atoms with E-state index in [1.54, 1.807) is 7.11 Å². The van der Waals surface area contributed by atoms with Crippen molar-refractivity contribution in [3.8, 4) is 5.75 Å². The van der Waals surface area contributed by atoms with E-state index in [0.717, 1.165) is 36.6 Å². The molecule has 1 heterocycles. The molecule has 2 N–H and O–H groups in total. The van der Waals surface area contributed by atoms with E-state index in [1.165, 1.54) is 11.8 Å². The third-order valence-electron chi connectivity index (χ3n) is 3.31.